The number of hydrogen-bond acceptors (Lipinski definition) is 8. The first-order valence-corrected chi connectivity index (χ1v) is 16.5. The summed E-state index contributed by atoms with van der Waals surface area (Å²) in [5, 5.41) is 0. The lowest BCUT2D eigenvalue weighted by molar-refractivity contribution is 0.0718. The molecule has 47 heavy (non-hydrogen) atoms. The largest absolute Gasteiger partial charge is 0.502 e. The van der Waals surface area contributed by atoms with Gasteiger partial charge in [0.05, 0.1) is 50.1 Å². The predicted octanol–water partition coefficient (Wildman–Crippen LogP) is 9.41. The first-order chi connectivity index (χ1) is 23.0. The topological polar surface area (TPSA) is 89.5 Å². The van der Waals surface area contributed by atoms with Gasteiger partial charge in [-0.3, -0.25) is 0 Å². The van der Waals surface area contributed by atoms with Gasteiger partial charge in [-0.2, -0.15) is 0 Å². The minimum absolute atomic E-state index is 0.354. The molecule has 0 saturated heterocycles. The molecule has 0 atom stereocenters. The van der Waals surface area contributed by atoms with Crippen LogP contribution in [0.3, 0.4) is 0 Å². The number of carbonyl (C=O) groups excluding carboxylic acids is 2. The van der Waals surface area contributed by atoms with E-state index >= 15 is 0 Å². The first kappa shape index (κ1) is 36.7. The van der Waals surface area contributed by atoms with E-state index in [2.05, 4.69) is 0 Å². The number of benzene rings is 3. The van der Waals surface area contributed by atoms with Gasteiger partial charge in [0.2, 0.25) is 0 Å². The summed E-state index contributed by atoms with van der Waals surface area (Å²) >= 11 is 0. The minimum atomic E-state index is -0.488. The zero-order chi connectivity index (χ0) is 33.5. The van der Waals surface area contributed by atoms with Gasteiger partial charge in [-0.05, 0) is 144 Å². The number of unbranched alkanes of at least 4 members (excludes halogenated alkanes) is 6. The van der Waals surface area contributed by atoms with Gasteiger partial charge in [-0.1, -0.05) is 12.2 Å². The molecule has 0 aromatic heterocycles. The number of hydrogen-bond donors (Lipinski definition) is 0. The predicted molar refractivity (Wildman–Crippen MR) is 183 cm³/mol. The molecule has 8 heteroatoms. The Balaban J connectivity index is 1.37. The second-order valence-electron chi connectivity index (χ2n) is 11.0. The standard InChI is InChI=1S/C39H48O8/c1-4-24-42-26-10-6-8-12-28-44-34-18-14-32(15-19-34)38(40)46-36-22-23-37(31(3)30-36)47-39(41)33-16-20-35(21-17-33)45-29-13-9-7-11-27-43-25-5-2/h4-5,14-25,30H,6-13,26-29H2,1-3H3. The third-order valence-electron chi connectivity index (χ3n) is 7.05. The van der Waals surface area contributed by atoms with Gasteiger partial charge in [-0.15, -0.1) is 0 Å². The van der Waals surface area contributed by atoms with Crippen molar-refractivity contribution in [3.05, 3.63) is 108 Å². The summed E-state index contributed by atoms with van der Waals surface area (Å²) in [7, 11) is 0. The fraction of sp³-hybridized carbons (Fsp3) is 0.385. The van der Waals surface area contributed by atoms with Crippen molar-refractivity contribution in [1.29, 1.82) is 0 Å². The number of esters is 2. The number of ether oxygens (including phenoxy) is 6. The molecule has 0 aliphatic rings. The molecule has 3 aromatic carbocycles. The van der Waals surface area contributed by atoms with Crippen LogP contribution in [0.2, 0.25) is 0 Å². The molecule has 0 amide bonds. The quantitative estimate of drug-likeness (QED) is 0.0463. The summed E-state index contributed by atoms with van der Waals surface area (Å²) in [5.41, 5.74) is 1.47. The fourth-order valence-electron chi connectivity index (χ4n) is 4.49. The van der Waals surface area contributed by atoms with Gasteiger partial charge in [0.1, 0.15) is 23.0 Å². The summed E-state index contributed by atoms with van der Waals surface area (Å²) in [6.45, 7) is 8.36. The number of carbonyl (C=O) groups is 2. The lowest BCUT2D eigenvalue weighted by Crippen LogP contribution is -2.10. The van der Waals surface area contributed by atoms with Crippen LogP contribution in [0.25, 0.3) is 0 Å². The molecule has 0 bridgehead atoms. The van der Waals surface area contributed by atoms with Crippen LogP contribution in [-0.4, -0.2) is 38.4 Å². The zero-order valence-electron chi connectivity index (χ0n) is 27.9. The molecule has 0 heterocycles. The Kier molecular flexibility index (Phi) is 17.1. The van der Waals surface area contributed by atoms with Crippen LogP contribution in [0.5, 0.6) is 23.0 Å². The molecule has 0 N–H and O–H groups in total. The molecule has 0 fully saturated rings. The smallest absolute Gasteiger partial charge is 0.343 e. The number of allylic oxidation sites excluding steroid dienone is 2. The Morgan fingerprint density at radius 3 is 1.40 bits per heavy atom. The second kappa shape index (κ2) is 21.9. The van der Waals surface area contributed by atoms with Crippen molar-refractivity contribution >= 4 is 11.9 Å². The highest BCUT2D eigenvalue weighted by Crippen LogP contribution is 2.26. The second-order valence-corrected chi connectivity index (χ2v) is 11.0. The van der Waals surface area contributed by atoms with Crippen molar-refractivity contribution in [2.45, 2.75) is 72.1 Å². The summed E-state index contributed by atoms with van der Waals surface area (Å²) in [4.78, 5) is 25.5. The molecule has 0 aliphatic carbocycles. The van der Waals surface area contributed by atoms with E-state index in [0.717, 1.165) is 64.6 Å². The molecule has 252 valence electrons. The normalized spacial score (nSPS) is 11.0. The van der Waals surface area contributed by atoms with E-state index in [1.807, 2.05) is 26.0 Å². The van der Waals surface area contributed by atoms with Crippen LogP contribution in [-0.2, 0) is 9.47 Å². The maximum absolute atomic E-state index is 12.8. The van der Waals surface area contributed by atoms with E-state index in [9.17, 15) is 9.59 Å². The van der Waals surface area contributed by atoms with Crippen LogP contribution in [0.4, 0.5) is 0 Å². The summed E-state index contributed by atoms with van der Waals surface area (Å²) in [5.74, 6) is 1.17. The van der Waals surface area contributed by atoms with Gasteiger partial charge >= 0.3 is 11.9 Å². The summed E-state index contributed by atoms with van der Waals surface area (Å²) in [6, 6.07) is 18.7. The molecule has 0 radical (unpaired) electrons. The highest BCUT2D eigenvalue weighted by atomic mass is 16.5. The maximum atomic E-state index is 12.8. The molecule has 3 rings (SSSR count). The third-order valence-corrected chi connectivity index (χ3v) is 7.05. The number of rotatable bonds is 22. The maximum Gasteiger partial charge on any atom is 0.343 e. The average molecular weight is 645 g/mol. The Labute approximate surface area is 279 Å². The van der Waals surface area contributed by atoms with Crippen LogP contribution in [0.1, 0.15) is 91.5 Å². The van der Waals surface area contributed by atoms with Crippen molar-refractivity contribution in [2.24, 2.45) is 0 Å². The molecule has 0 saturated carbocycles. The lowest BCUT2D eigenvalue weighted by Gasteiger charge is -2.11. The minimum Gasteiger partial charge on any atom is -0.502 e. The Morgan fingerprint density at radius 1 is 0.532 bits per heavy atom. The lowest BCUT2D eigenvalue weighted by atomic mass is 10.2. The SMILES string of the molecule is CC=COCCCCCCOc1ccc(C(=O)Oc2ccc(OC(=O)c3ccc(OCCCCCCOC=CC)cc3)c(C)c2)cc1. The average Bonchev–Trinajstić information content (AvgIpc) is 3.08. The van der Waals surface area contributed by atoms with Crippen molar-refractivity contribution in [1.82, 2.24) is 0 Å². The Bertz CT molecular complexity index is 1390. The molecule has 8 nitrogen and oxygen atoms in total. The van der Waals surface area contributed by atoms with Gasteiger partial charge in [0, 0.05) is 0 Å². The van der Waals surface area contributed by atoms with E-state index in [1.54, 1.807) is 86.2 Å². The molecule has 3 aromatic rings. The van der Waals surface area contributed by atoms with Gasteiger partial charge in [-0.25, -0.2) is 9.59 Å². The van der Waals surface area contributed by atoms with E-state index in [4.69, 9.17) is 28.4 Å². The van der Waals surface area contributed by atoms with Crippen molar-refractivity contribution < 1.29 is 38.0 Å². The van der Waals surface area contributed by atoms with Crippen LogP contribution in [0.15, 0.2) is 91.4 Å². The molecule has 0 aliphatic heterocycles. The summed E-state index contributed by atoms with van der Waals surface area (Å²) in [6.07, 6.45) is 15.5. The van der Waals surface area contributed by atoms with Gasteiger partial charge < -0.3 is 28.4 Å². The fourth-order valence-corrected chi connectivity index (χ4v) is 4.49. The van der Waals surface area contributed by atoms with Crippen molar-refractivity contribution in [3.8, 4) is 23.0 Å². The Hall–Kier alpha value is -4.72. The summed E-state index contributed by atoms with van der Waals surface area (Å²) < 4.78 is 33.4. The van der Waals surface area contributed by atoms with Gasteiger partial charge in [0.15, 0.2) is 0 Å². The molecule has 0 spiro atoms. The van der Waals surface area contributed by atoms with E-state index in [0.29, 0.717) is 52.9 Å². The Morgan fingerprint density at radius 2 is 0.957 bits per heavy atom. The molecular weight excluding hydrogens is 596 g/mol. The van der Waals surface area contributed by atoms with E-state index in [-0.39, 0.29) is 0 Å². The highest BCUT2D eigenvalue weighted by Gasteiger charge is 2.14. The third kappa shape index (κ3) is 14.5. The molecule has 0 unspecified atom stereocenters. The number of aryl methyl sites for hydroxylation is 1. The van der Waals surface area contributed by atoms with Crippen LogP contribution in [0, 0.1) is 6.92 Å². The van der Waals surface area contributed by atoms with Crippen molar-refractivity contribution in [2.75, 3.05) is 26.4 Å². The first-order valence-electron chi connectivity index (χ1n) is 16.5. The zero-order valence-corrected chi connectivity index (χ0v) is 27.9. The van der Waals surface area contributed by atoms with E-state index < -0.39 is 11.9 Å². The van der Waals surface area contributed by atoms with Crippen LogP contribution >= 0.6 is 0 Å². The van der Waals surface area contributed by atoms with Crippen molar-refractivity contribution in [3.63, 3.8) is 0 Å². The van der Waals surface area contributed by atoms with Crippen LogP contribution < -0.4 is 18.9 Å². The monoisotopic (exact) mass is 644 g/mol. The van der Waals surface area contributed by atoms with Gasteiger partial charge in [0.25, 0.3) is 0 Å². The molecular formula is C39H48O8. The highest BCUT2D eigenvalue weighted by molar-refractivity contribution is 5.92. The van der Waals surface area contributed by atoms with E-state index in [1.165, 1.54) is 0 Å².